The SMILES string of the molecule is CN1C[C@@](c2cnn(C)c2)(C(F)(F)F)c2c1cnc1cc(Cl)nn21. The number of alkyl halides is 3. The van der Waals surface area contributed by atoms with Crippen LogP contribution in [0.5, 0.6) is 0 Å². The van der Waals surface area contributed by atoms with E-state index < -0.39 is 11.6 Å². The minimum absolute atomic E-state index is 0.00222. The summed E-state index contributed by atoms with van der Waals surface area (Å²) in [5.41, 5.74) is -1.57. The molecule has 0 unspecified atom stereocenters. The van der Waals surface area contributed by atoms with Crippen LogP contribution in [0.4, 0.5) is 18.9 Å². The number of hydrogen-bond donors (Lipinski definition) is 0. The first-order valence-corrected chi connectivity index (χ1v) is 7.43. The summed E-state index contributed by atoms with van der Waals surface area (Å²) in [7, 11) is 3.18. The highest BCUT2D eigenvalue weighted by molar-refractivity contribution is 6.29. The number of rotatable bonds is 1. The van der Waals surface area contributed by atoms with Crippen molar-refractivity contribution in [3.63, 3.8) is 0 Å². The topological polar surface area (TPSA) is 51.2 Å². The van der Waals surface area contributed by atoms with Gasteiger partial charge in [-0.3, -0.25) is 4.68 Å². The molecule has 0 amide bonds. The number of hydrogen-bond acceptors (Lipinski definition) is 4. The number of nitrogens with zero attached hydrogens (tertiary/aromatic N) is 6. The Hall–Kier alpha value is -2.29. The van der Waals surface area contributed by atoms with Crippen LogP contribution in [0, 0.1) is 0 Å². The van der Waals surface area contributed by atoms with E-state index >= 15 is 0 Å². The van der Waals surface area contributed by atoms with Crippen molar-refractivity contribution in [2.24, 2.45) is 7.05 Å². The molecule has 1 aliphatic rings. The first-order chi connectivity index (χ1) is 11.2. The molecule has 1 aliphatic heterocycles. The van der Waals surface area contributed by atoms with Gasteiger partial charge in [0.15, 0.2) is 16.2 Å². The van der Waals surface area contributed by atoms with E-state index in [2.05, 4.69) is 15.2 Å². The highest BCUT2D eigenvalue weighted by Crippen LogP contribution is 2.53. The molecule has 4 heterocycles. The summed E-state index contributed by atoms with van der Waals surface area (Å²) in [6, 6.07) is 1.44. The molecule has 3 aromatic rings. The van der Waals surface area contributed by atoms with Crippen molar-refractivity contribution in [3.8, 4) is 0 Å². The van der Waals surface area contributed by atoms with Crippen LogP contribution < -0.4 is 4.90 Å². The van der Waals surface area contributed by atoms with Gasteiger partial charge in [0.2, 0.25) is 0 Å². The van der Waals surface area contributed by atoms with E-state index in [1.54, 1.807) is 14.1 Å². The summed E-state index contributed by atoms with van der Waals surface area (Å²) >= 11 is 5.90. The van der Waals surface area contributed by atoms with Gasteiger partial charge in [0.25, 0.3) is 0 Å². The van der Waals surface area contributed by atoms with Gasteiger partial charge in [-0.25, -0.2) is 9.50 Å². The van der Waals surface area contributed by atoms with E-state index in [1.165, 1.54) is 38.8 Å². The standard InChI is InChI=1S/C14H12ClF3N6/c1-22-7-13(14(16,17)18,8-4-20-23(2)6-8)12-9(22)5-19-11-3-10(15)21-24(11)12/h3-6H,7H2,1-2H3/t13-/m0/s1. The van der Waals surface area contributed by atoms with E-state index in [9.17, 15) is 13.2 Å². The molecule has 6 nitrogen and oxygen atoms in total. The summed E-state index contributed by atoms with van der Waals surface area (Å²) in [4.78, 5) is 5.68. The lowest BCUT2D eigenvalue weighted by molar-refractivity contribution is -0.174. The Bertz CT molecular complexity index is 946. The first-order valence-electron chi connectivity index (χ1n) is 7.06. The van der Waals surface area contributed by atoms with Gasteiger partial charge >= 0.3 is 6.18 Å². The Morgan fingerprint density at radius 2 is 2.00 bits per heavy atom. The van der Waals surface area contributed by atoms with Crippen molar-refractivity contribution >= 4 is 22.9 Å². The second kappa shape index (κ2) is 4.62. The minimum atomic E-state index is -4.55. The molecule has 24 heavy (non-hydrogen) atoms. The van der Waals surface area contributed by atoms with Crippen molar-refractivity contribution in [2.75, 3.05) is 18.5 Å². The summed E-state index contributed by atoms with van der Waals surface area (Å²) in [6.45, 7) is -0.282. The van der Waals surface area contributed by atoms with Crippen molar-refractivity contribution in [1.29, 1.82) is 0 Å². The van der Waals surface area contributed by atoms with Gasteiger partial charge in [-0.2, -0.15) is 23.4 Å². The van der Waals surface area contributed by atoms with Crippen LogP contribution in [0.2, 0.25) is 5.15 Å². The predicted octanol–water partition coefficient (Wildman–Crippen LogP) is 2.41. The van der Waals surface area contributed by atoms with Crippen LogP contribution in [-0.2, 0) is 12.5 Å². The van der Waals surface area contributed by atoms with Crippen molar-refractivity contribution in [3.05, 3.63) is 41.1 Å². The van der Waals surface area contributed by atoms with E-state index in [1.807, 2.05) is 0 Å². The minimum Gasteiger partial charge on any atom is -0.370 e. The van der Waals surface area contributed by atoms with Gasteiger partial charge in [0, 0.05) is 38.5 Å². The third-order valence-corrected chi connectivity index (χ3v) is 4.59. The Kier molecular flexibility index (Phi) is 2.94. The normalized spacial score (nSPS) is 20.8. The fourth-order valence-corrected chi connectivity index (χ4v) is 3.52. The zero-order valence-corrected chi connectivity index (χ0v) is 13.5. The number of aryl methyl sites for hydroxylation is 1. The molecule has 10 heteroatoms. The number of likely N-dealkylation sites (N-methyl/N-ethyl adjacent to an activating group) is 1. The summed E-state index contributed by atoms with van der Waals surface area (Å²) in [6.07, 6.45) is -0.504. The van der Waals surface area contributed by atoms with E-state index in [0.29, 0.717) is 5.69 Å². The molecular weight excluding hydrogens is 345 g/mol. The first kappa shape index (κ1) is 15.3. The van der Waals surface area contributed by atoms with Crippen LogP contribution in [0.3, 0.4) is 0 Å². The zero-order chi connectivity index (χ0) is 17.3. The van der Waals surface area contributed by atoms with E-state index in [4.69, 9.17) is 11.6 Å². The Balaban J connectivity index is 2.14. The lowest BCUT2D eigenvalue weighted by Crippen LogP contribution is -2.47. The molecule has 0 bridgehead atoms. The van der Waals surface area contributed by atoms with E-state index in [0.717, 1.165) is 0 Å². The van der Waals surface area contributed by atoms with Crippen LogP contribution in [0.1, 0.15) is 11.3 Å². The molecule has 0 aromatic carbocycles. The monoisotopic (exact) mass is 356 g/mol. The molecular formula is C14H12ClF3N6. The van der Waals surface area contributed by atoms with Crippen molar-refractivity contribution in [1.82, 2.24) is 24.4 Å². The quantitative estimate of drug-likeness (QED) is 0.672. The predicted molar refractivity (Wildman–Crippen MR) is 81.3 cm³/mol. The number of aromatic nitrogens is 5. The van der Waals surface area contributed by atoms with Gasteiger partial charge < -0.3 is 4.90 Å². The van der Waals surface area contributed by atoms with Gasteiger partial charge in [-0.1, -0.05) is 11.6 Å². The van der Waals surface area contributed by atoms with E-state index in [-0.39, 0.29) is 28.6 Å². The average molecular weight is 357 g/mol. The number of anilines is 1. The molecule has 1 atom stereocenters. The molecule has 0 saturated heterocycles. The molecule has 126 valence electrons. The second-order valence-electron chi connectivity index (χ2n) is 5.89. The number of halogens is 4. The average Bonchev–Trinajstić information content (AvgIpc) is 3.13. The third-order valence-electron chi connectivity index (χ3n) is 4.41. The molecule has 0 saturated carbocycles. The molecule has 0 fully saturated rings. The lowest BCUT2D eigenvalue weighted by atomic mass is 9.79. The Morgan fingerprint density at radius 3 is 2.62 bits per heavy atom. The number of fused-ring (bicyclic) bond motifs is 3. The summed E-state index contributed by atoms with van der Waals surface area (Å²) in [5, 5.41) is 8.05. The molecule has 0 spiro atoms. The van der Waals surface area contributed by atoms with Gasteiger partial charge in [-0.15, -0.1) is 0 Å². The largest absolute Gasteiger partial charge is 0.405 e. The second-order valence-corrected chi connectivity index (χ2v) is 6.28. The highest BCUT2D eigenvalue weighted by atomic mass is 35.5. The van der Waals surface area contributed by atoms with Crippen molar-refractivity contribution in [2.45, 2.75) is 11.6 Å². The van der Waals surface area contributed by atoms with Crippen molar-refractivity contribution < 1.29 is 13.2 Å². The molecule has 3 aromatic heterocycles. The maximum atomic E-state index is 14.3. The van der Waals surface area contributed by atoms with Gasteiger partial charge in [-0.05, 0) is 0 Å². The smallest absolute Gasteiger partial charge is 0.370 e. The van der Waals surface area contributed by atoms with Crippen LogP contribution >= 0.6 is 11.6 Å². The van der Waals surface area contributed by atoms with Crippen LogP contribution in [0.15, 0.2) is 24.7 Å². The molecule has 0 N–H and O–H groups in total. The fourth-order valence-electron chi connectivity index (χ4n) is 3.35. The van der Waals surface area contributed by atoms with Crippen LogP contribution in [-0.4, -0.2) is 44.1 Å². The lowest BCUT2D eigenvalue weighted by Gasteiger charge is -2.31. The summed E-state index contributed by atoms with van der Waals surface area (Å²) < 4.78 is 45.6. The maximum Gasteiger partial charge on any atom is 0.405 e. The Morgan fingerprint density at radius 1 is 1.25 bits per heavy atom. The molecule has 0 radical (unpaired) electrons. The molecule has 4 rings (SSSR count). The molecule has 0 aliphatic carbocycles. The maximum absolute atomic E-state index is 14.3. The zero-order valence-electron chi connectivity index (χ0n) is 12.7. The summed E-state index contributed by atoms with van der Waals surface area (Å²) in [5.74, 6) is 0. The van der Waals surface area contributed by atoms with Crippen LogP contribution in [0.25, 0.3) is 5.65 Å². The third kappa shape index (κ3) is 1.81. The Labute approximate surface area is 139 Å². The highest BCUT2D eigenvalue weighted by Gasteiger charge is 2.64. The van der Waals surface area contributed by atoms with Gasteiger partial charge in [0.1, 0.15) is 0 Å². The fraction of sp³-hybridized carbons (Fsp3) is 0.357. The van der Waals surface area contributed by atoms with Gasteiger partial charge in [0.05, 0.1) is 23.8 Å².